The summed E-state index contributed by atoms with van der Waals surface area (Å²) in [7, 11) is 0. The van der Waals surface area contributed by atoms with Gasteiger partial charge in [0.15, 0.2) is 5.78 Å². The molecule has 86 valence electrons. The van der Waals surface area contributed by atoms with Crippen molar-refractivity contribution in [3.05, 3.63) is 35.6 Å². The van der Waals surface area contributed by atoms with Crippen molar-refractivity contribution in [1.29, 1.82) is 0 Å². The highest BCUT2D eigenvalue weighted by molar-refractivity contribution is 6.18. The zero-order chi connectivity index (χ0) is 12.0. The summed E-state index contributed by atoms with van der Waals surface area (Å²) in [6.07, 6.45) is -0.474. The van der Waals surface area contributed by atoms with Gasteiger partial charge in [0, 0.05) is 0 Å². The molecule has 0 spiro atoms. The maximum absolute atomic E-state index is 13.1. The van der Waals surface area contributed by atoms with Crippen molar-refractivity contribution < 1.29 is 18.7 Å². The van der Waals surface area contributed by atoms with E-state index in [-0.39, 0.29) is 18.1 Å². The summed E-state index contributed by atoms with van der Waals surface area (Å²) in [4.78, 5) is 22.5. The van der Waals surface area contributed by atoms with Gasteiger partial charge in [0.1, 0.15) is 18.8 Å². The number of hydrogen-bond acceptors (Lipinski definition) is 3. The Bertz CT molecular complexity index is 393. The Morgan fingerprint density at radius 3 is 2.62 bits per heavy atom. The number of hydrogen-bond donors (Lipinski definition) is 0. The molecule has 0 radical (unpaired) electrons. The van der Waals surface area contributed by atoms with Crippen LogP contribution in [0.2, 0.25) is 0 Å². The summed E-state index contributed by atoms with van der Waals surface area (Å²) in [5.41, 5.74) is -0.106. The van der Waals surface area contributed by atoms with Gasteiger partial charge in [-0.05, 0) is 12.1 Å². The quantitative estimate of drug-likeness (QED) is 0.345. The highest BCUT2D eigenvalue weighted by atomic mass is 35.5. The minimum Gasteiger partial charge on any atom is -0.464 e. The van der Waals surface area contributed by atoms with Gasteiger partial charge in [-0.25, -0.2) is 4.39 Å². The number of ether oxygens (including phenoxy) is 1. The van der Waals surface area contributed by atoms with E-state index in [1.807, 2.05) is 0 Å². The van der Waals surface area contributed by atoms with Crippen molar-refractivity contribution in [1.82, 2.24) is 0 Å². The van der Waals surface area contributed by atoms with Crippen LogP contribution in [-0.4, -0.2) is 24.2 Å². The normalized spacial score (nSPS) is 9.88. The second kappa shape index (κ2) is 6.23. The molecule has 1 rings (SSSR count). The van der Waals surface area contributed by atoms with E-state index in [0.717, 1.165) is 6.07 Å². The van der Waals surface area contributed by atoms with Crippen LogP contribution in [0.4, 0.5) is 4.39 Å². The standard InChI is InChI=1S/C11H10ClFO3/c12-5-6-16-11(15)7-10(14)8-3-1-2-4-9(8)13/h1-4H,5-7H2. The molecular formula is C11H10ClFO3. The summed E-state index contributed by atoms with van der Waals surface area (Å²) in [6, 6.07) is 5.49. The van der Waals surface area contributed by atoms with E-state index in [1.165, 1.54) is 18.2 Å². The highest BCUT2D eigenvalue weighted by Crippen LogP contribution is 2.09. The van der Waals surface area contributed by atoms with Crippen molar-refractivity contribution in [2.24, 2.45) is 0 Å². The smallest absolute Gasteiger partial charge is 0.313 e. The van der Waals surface area contributed by atoms with E-state index >= 15 is 0 Å². The fourth-order valence-corrected chi connectivity index (χ4v) is 1.19. The van der Waals surface area contributed by atoms with Gasteiger partial charge in [-0.15, -0.1) is 11.6 Å². The average Bonchev–Trinajstić information content (AvgIpc) is 2.26. The lowest BCUT2D eigenvalue weighted by Gasteiger charge is -2.03. The molecule has 1 aromatic rings. The van der Waals surface area contributed by atoms with Crippen molar-refractivity contribution in [3.63, 3.8) is 0 Å². The average molecular weight is 245 g/mol. The van der Waals surface area contributed by atoms with Gasteiger partial charge >= 0.3 is 5.97 Å². The van der Waals surface area contributed by atoms with Crippen LogP contribution in [0.25, 0.3) is 0 Å². The van der Waals surface area contributed by atoms with E-state index in [0.29, 0.717) is 0 Å². The van der Waals surface area contributed by atoms with Crippen molar-refractivity contribution in [3.8, 4) is 0 Å². The summed E-state index contributed by atoms with van der Waals surface area (Å²) in [5.74, 6) is -1.77. The maximum atomic E-state index is 13.1. The van der Waals surface area contributed by atoms with Crippen molar-refractivity contribution in [2.45, 2.75) is 6.42 Å². The molecule has 0 saturated carbocycles. The Morgan fingerprint density at radius 2 is 2.00 bits per heavy atom. The Morgan fingerprint density at radius 1 is 1.31 bits per heavy atom. The number of esters is 1. The van der Waals surface area contributed by atoms with Gasteiger partial charge in [-0.3, -0.25) is 9.59 Å². The zero-order valence-corrected chi connectivity index (χ0v) is 9.17. The molecule has 0 aliphatic carbocycles. The maximum Gasteiger partial charge on any atom is 0.313 e. The van der Waals surface area contributed by atoms with E-state index < -0.39 is 24.0 Å². The number of alkyl halides is 1. The molecule has 3 nitrogen and oxygen atoms in total. The molecule has 0 heterocycles. The molecule has 1 aromatic carbocycles. The first-order chi connectivity index (χ1) is 7.65. The Balaban J connectivity index is 2.59. The molecular weight excluding hydrogens is 235 g/mol. The minimum atomic E-state index is -0.700. The fourth-order valence-electron chi connectivity index (χ4n) is 1.12. The first-order valence-corrected chi connectivity index (χ1v) is 5.18. The van der Waals surface area contributed by atoms with Crippen LogP contribution in [0.3, 0.4) is 0 Å². The predicted octanol–water partition coefficient (Wildman–Crippen LogP) is 2.18. The van der Waals surface area contributed by atoms with E-state index in [9.17, 15) is 14.0 Å². The van der Waals surface area contributed by atoms with Crippen LogP contribution in [-0.2, 0) is 9.53 Å². The number of halogens is 2. The van der Waals surface area contributed by atoms with E-state index in [2.05, 4.69) is 4.74 Å². The summed E-state index contributed by atoms with van der Waals surface area (Å²) in [5, 5.41) is 0. The molecule has 0 fully saturated rings. The predicted molar refractivity (Wildman–Crippen MR) is 57.0 cm³/mol. The van der Waals surface area contributed by atoms with Crippen LogP contribution >= 0.6 is 11.6 Å². The van der Waals surface area contributed by atoms with Crippen LogP contribution in [0, 0.1) is 5.82 Å². The summed E-state index contributed by atoms with van der Waals surface area (Å²) in [6.45, 7) is 0.0466. The third kappa shape index (κ3) is 3.62. The number of benzene rings is 1. The third-order valence-electron chi connectivity index (χ3n) is 1.82. The van der Waals surface area contributed by atoms with E-state index in [4.69, 9.17) is 11.6 Å². The fraction of sp³-hybridized carbons (Fsp3) is 0.273. The summed E-state index contributed by atoms with van der Waals surface area (Å²) >= 11 is 5.30. The number of Topliss-reactive ketones (excluding diaryl/α,β-unsaturated/α-hetero) is 1. The number of rotatable bonds is 5. The molecule has 5 heteroatoms. The second-order valence-electron chi connectivity index (χ2n) is 2.99. The van der Waals surface area contributed by atoms with Gasteiger partial charge in [0.25, 0.3) is 0 Å². The SMILES string of the molecule is O=C(CC(=O)c1ccccc1F)OCCCl. The topological polar surface area (TPSA) is 43.4 Å². The lowest BCUT2D eigenvalue weighted by molar-refractivity contribution is -0.141. The van der Waals surface area contributed by atoms with Crippen LogP contribution < -0.4 is 0 Å². The lowest BCUT2D eigenvalue weighted by atomic mass is 10.1. The monoisotopic (exact) mass is 244 g/mol. The highest BCUT2D eigenvalue weighted by Gasteiger charge is 2.15. The number of carbonyl (C=O) groups excluding carboxylic acids is 2. The first-order valence-electron chi connectivity index (χ1n) is 4.64. The molecule has 0 aliphatic rings. The van der Waals surface area contributed by atoms with Gasteiger partial charge < -0.3 is 4.74 Å². The van der Waals surface area contributed by atoms with E-state index in [1.54, 1.807) is 0 Å². The van der Waals surface area contributed by atoms with Crippen molar-refractivity contribution >= 4 is 23.4 Å². The third-order valence-corrected chi connectivity index (χ3v) is 1.97. The van der Waals surface area contributed by atoms with Gasteiger partial charge in [-0.1, -0.05) is 12.1 Å². The number of carbonyl (C=O) groups is 2. The van der Waals surface area contributed by atoms with Crippen LogP contribution in [0.1, 0.15) is 16.8 Å². The molecule has 0 atom stereocenters. The number of ketones is 1. The Labute approximate surface area is 97.2 Å². The van der Waals surface area contributed by atoms with Gasteiger partial charge in [0.05, 0.1) is 11.4 Å². The Hall–Kier alpha value is -1.42. The van der Waals surface area contributed by atoms with Gasteiger partial charge in [-0.2, -0.15) is 0 Å². The van der Waals surface area contributed by atoms with Crippen molar-refractivity contribution in [2.75, 3.05) is 12.5 Å². The lowest BCUT2D eigenvalue weighted by Crippen LogP contribution is -2.13. The molecule has 0 bridgehead atoms. The van der Waals surface area contributed by atoms with Gasteiger partial charge in [0.2, 0.25) is 0 Å². The van der Waals surface area contributed by atoms with Crippen LogP contribution in [0.5, 0.6) is 0 Å². The molecule has 0 amide bonds. The molecule has 16 heavy (non-hydrogen) atoms. The Kier molecular flexibility index (Phi) is 4.92. The molecule has 0 saturated heterocycles. The second-order valence-corrected chi connectivity index (χ2v) is 3.37. The largest absolute Gasteiger partial charge is 0.464 e. The molecule has 0 N–H and O–H groups in total. The van der Waals surface area contributed by atoms with Crippen LogP contribution in [0.15, 0.2) is 24.3 Å². The molecule has 0 aliphatic heterocycles. The first kappa shape index (κ1) is 12.6. The molecule has 0 unspecified atom stereocenters. The zero-order valence-electron chi connectivity index (χ0n) is 8.41. The molecule has 0 aromatic heterocycles. The summed E-state index contributed by atoms with van der Waals surface area (Å²) < 4.78 is 17.8. The minimum absolute atomic E-state index is 0.0466.